The van der Waals surface area contributed by atoms with E-state index in [4.69, 9.17) is 11.6 Å². The van der Waals surface area contributed by atoms with E-state index in [1.54, 1.807) is 0 Å². The van der Waals surface area contributed by atoms with Gasteiger partial charge in [0.25, 0.3) is 0 Å². The van der Waals surface area contributed by atoms with Gasteiger partial charge < -0.3 is 10.2 Å². The second-order valence-corrected chi connectivity index (χ2v) is 7.22. The summed E-state index contributed by atoms with van der Waals surface area (Å²) in [5, 5.41) is 4.53. The van der Waals surface area contributed by atoms with Crippen molar-refractivity contribution in [1.29, 1.82) is 0 Å². The molecule has 2 rings (SSSR count). The Hall–Kier alpha value is -0.0000000000000000555. The van der Waals surface area contributed by atoms with E-state index in [9.17, 15) is 0 Å². The summed E-state index contributed by atoms with van der Waals surface area (Å²) in [5.41, 5.74) is 1.18. The lowest BCUT2D eigenvalue weighted by Crippen LogP contribution is -2.58. The third kappa shape index (κ3) is 3.56. The second kappa shape index (κ2) is 6.64. The molecule has 1 N–H and O–H groups in total. The van der Waals surface area contributed by atoms with Crippen molar-refractivity contribution in [2.75, 3.05) is 18.0 Å². The Labute approximate surface area is 135 Å². The lowest BCUT2D eigenvalue weighted by molar-refractivity contribution is 0.325. The van der Waals surface area contributed by atoms with E-state index in [2.05, 4.69) is 71.8 Å². The van der Waals surface area contributed by atoms with E-state index < -0.39 is 0 Å². The molecular weight excluding hydrogens is 371 g/mol. The summed E-state index contributed by atoms with van der Waals surface area (Å²) in [5.74, 6) is 0.642. The fourth-order valence-corrected chi connectivity index (χ4v) is 3.61. The van der Waals surface area contributed by atoms with Crippen molar-refractivity contribution >= 4 is 39.9 Å². The molecule has 4 heteroatoms. The van der Waals surface area contributed by atoms with Crippen LogP contribution in [0.25, 0.3) is 0 Å². The van der Waals surface area contributed by atoms with Gasteiger partial charge in [0, 0.05) is 28.7 Å². The predicted molar refractivity (Wildman–Crippen MR) is 92.2 cm³/mol. The number of rotatable bonds is 3. The molecule has 2 nitrogen and oxygen atoms in total. The van der Waals surface area contributed by atoms with Gasteiger partial charge in [-0.15, -0.1) is 0 Å². The Morgan fingerprint density at radius 1 is 1.47 bits per heavy atom. The van der Waals surface area contributed by atoms with Gasteiger partial charge in [0.05, 0.1) is 10.7 Å². The Morgan fingerprint density at radius 2 is 2.21 bits per heavy atom. The molecule has 0 aliphatic carbocycles. The van der Waals surface area contributed by atoms with Crippen molar-refractivity contribution in [3.05, 3.63) is 26.8 Å². The molecule has 0 amide bonds. The second-order valence-electron chi connectivity index (χ2n) is 5.57. The highest BCUT2D eigenvalue weighted by Crippen LogP contribution is 2.31. The average Bonchev–Trinajstić information content (AvgIpc) is 2.38. The number of hydrogen-bond acceptors (Lipinski definition) is 2. The number of hydrogen-bond donors (Lipinski definition) is 1. The highest BCUT2D eigenvalue weighted by Gasteiger charge is 2.29. The molecule has 19 heavy (non-hydrogen) atoms. The summed E-state index contributed by atoms with van der Waals surface area (Å²) >= 11 is 8.75. The molecule has 1 aromatic rings. The molecule has 1 fully saturated rings. The molecule has 0 bridgehead atoms. The Morgan fingerprint density at radius 3 is 2.79 bits per heavy atom. The van der Waals surface area contributed by atoms with Gasteiger partial charge in [0.15, 0.2) is 0 Å². The summed E-state index contributed by atoms with van der Waals surface area (Å²) in [6.07, 6.45) is 1.14. The zero-order valence-electron chi connectivity index (χ0n) is 11.8. The van der Waals surface area contributed by atoms with Gasteiger partial charge in [-0.05, 0) is 53.1 Å². The first-order valence-electron chi connectivity index (χ1n) is 6.98. The van der Waals surface area contributed by atoms with Gasteiger partial charge in [-0.2, -0.15) is 0 Å². The van der Waals surface area contributed by atoms with Crippen molar-refractivity contribution in [1.82, 2.24) is 5.32 Å². The van der Waals surface area contributed by atoms with Crippen LogP contribution in [-0.2, 0) is 0 Å². The minimum atomic E-state index is 0.535. The van der Waals surface area contributed by atoms with E-state index in [1.165, 1.54) is 9.26 Å². The number of piperazine rings is 1. The summed E-state index contributed by atoms with van der Waals surface area (Å²) in [6, 6.07) is 7.43. The minimum absolute atomic E-state index is 0.535. The summed E-state index contributed by atoms with van der Waals surface area (Å²) in [7, 11) is 0. The molecule has 0 spiro atoms. The maximum absolute atomic E-state index is 6.45. The van der Waals surface area contributed by atoms with Crippen LogP contribution in [0.1, 0.15) is 27.2 Å². The first-order chi connectivity index (χ1) is 9.02. The van der Waals surface area contributed by atoms with Crippen molar-refractivity contribution in [2.24, 2.45) is 5.92 Å². The topological polar surface area (TPSA) is 15.3 Å². The van der Waals surface area contributed by atoms with E-state index in [1.807, 2.05) is 0 Å². The quantitative estimate of drug-likeness (QED) is 0.777. The van der Waals surface area contributed by atoms with E-state index >= 15 is 0 Å². The standard InChI is InChI=1S/C15H22ClIN2/c1-4-12-8-18-14(10(2)3)9-19(12)15-6-5-11(17)7-13(15)16/h5-7,10,12,14,18H,4,8-9H2,1-3H3. The minimum Gasteiger partial charge on any atom is -0.365 e. The van der Waals surface area contributed by atoms with Gasteiger partial charge in [0.1, 0.15) is 0 Å². The average molecular weight is 393 g/mol. The third-order valence-corrected chi connectivity index (χ3v) is 4.92. The molecule has 0 saturated carbocycles. The zero-order chi connectivity index (χ0) is 14.0. The number of nitrogens with one attached hydrogen (secondary N) is 1. The van der Waals surface area contributed by atoms with Crippen molar-refractivity contribution in [2.45, 2.75) is 39.3 Å². The number of nitrogens with zero attached hydrogens (tertiary/aromatic N) is 1. The van der Waals surface area contributed by atoms with Gasteiger partial charge in [-0.25, -0.2) is 0 Å². The maximum Gasteiger partial charge on any atom is 0.0650 e. The van der Waals surface area contributed by atoms with Gasteiger partial charge >= 0.3 is 0 Å². The van der Waals surface area contributed by atoms with Gasteiger partial charge in [-0.3, -0.25) is 0 Å². The van der Waals surface area contributed by atoms with Crippen LogP contribution in [0.5, 0.6) is 0 Å². The van der Waals surface area contributed by atoms with Crippen LogP contribution in [0.4, 0.5) is 5.69 Å². The highest BCUT2D eigenvalue weighted by molar-refractivity contribution is 14.1. The van der Waals surface area contributed by atoms with Crippen molar-refractivity contribution in [3.63, 3.8) is 0 Å². The molecular formula is C15H22ClIN2. The molecule has 0 aromatic heterocycles. The normalized spacial score (nSPS) is 24.0. The van der Waals surface area contributed by atoms with E-state index in [0.717, 1.165) is 24.5 Å². The first kappa shape index (κ1) is 15.4. The molecule has 1 saturated heterocycles. The van der Waals surface area contributed by atoms with Crippen LogP contribution in [0.15, 0.2) is 18.2 Å². The van der Waals surface area contributed by atoms with Gasteiger partial charge in [0.2, 0.25) is 0 Å². The predicted octanol–water partition coefficient (Wildman–Crippen LogP) is 4.16. The van der Waals surface area contributed by atoms with Crippen molar-refractivity contribution in [3.8, 4) is 0 Å². The van der Waals surface area contributed by atoms with E-state index in [0.29, 0.717) is 18.0 Å². The molecule has 1 aliphatic rings. The largest absolute Gasteiger partial charge is 0.365 e. The monoisotopic (exact) mass is 392 g/mol. The third-order valence-electron chi connectivity index (χ3n) is 3.94. The Balaban J connectivity index is 2.27. The fraction of sp³-hybridized carbons (Fsp3) is 0.600. The number of halogens is 2. The Bertz CT molecular complexity index is 436. The van der Waals surface area contributed by atoms with E-state index in [-0.39, 0.29) is 0 Å². The van der Waals surface area contributed by atoms with Crippen LogP contribution in [0, 0.1) is 9.49 Å². The number of anilines is 1. The lowest BCUT2D eigenvalue weighted by Gasteiger charge is -2.43. The highest BCUT2D eigenvalue weighted by atomic mass is 127. The lowest BCUT2D eigenvalue weighted by atomic mass is 9.98. The van der Waals surface area contributed by atoms with Crippen LogP contribution >= 0.6 is 34.2 Å². The van der Waals surface area contributed by atoms with Crippen molar-refractivity contribution < 1.29 is 0 Å². The molecule has 1 aliphatic heterocycles. The Kier molecular flexibility index (Phi) is 5.37. The molecule has 1 heterocycles. The van der Waals surface area contributed by atoms with Crippen LogP contribution < -0.4 is 10.2 Å². The molecule has 106 valence electrons. The maximum atomic E-state index is 6.45. The zero-order valence-corrected chi connectivity index (χ0v) is 14.7. The smallest absolute Gasteiger partial charge is 0.0650 e. The summed E-state index contributed by atoms with van der Waals surface area (Å²) < 4.78 is 1.19. The molecule has 2 unspecified atom stereocenters. The molecule has 2 atom stereocenters. The van der Waals surface area contributed by atoms with Crippen LogP contribution in [0.2, 0.25) is 5.02 Å². The summed E-state index contributed by atoms with van der Waals surface area (Å²) in [6.45, 7) is 8.88. The SMILES string of the molecule is CCC1CNC(C(C)C)CN1c1ccc(I)cc1Cl. The van der Waals surface area contributed by atoms with Crippen LogP contribution in [-0.4, -0.2) is 25.2 Å². The first-order valence-corrected chi connectivity index (χ1v) is 8.43. The molecule has 1 aromatic carbocycles. The molecule has 0 radical (unpaired) electrons. The fourth-order valence-electron chi connectivity index (χ4n) is 2.64. The van der Waals surface area contributed by atoms with Crippen LogP contribution in [0.3, 0.4) is 0 Å². The van der Waals surface area contributed by atoms with Gasteiger partial charge in [-0.1, -0.05) is 32.4 Å². The summed E-state index contributed by atoms with van der Waals surface area (Å²) in [4.78, 5) is 2.49. The number of benzene rings is 1.